The number of nitrogens with one attached hydrogen (secondary N) is 1. The van der Waals surface area contributed by atoms with Crippen molar-refractivity contribution in [3.63, 3.8) is 0 Å². The van der Waals surface area contributed by atoms with Gasteiger partial charge in [-0.3, -0.25) is 9.59 Å². The van der Waals surface area contributed by atoms with Gasteiger partial charge in [0, 0.05) is 17.6 Å². The first-order chi connectivity index (χ1) is 14.4. The summed E-state index contributed by atoms with van der Waals surface area (Å²) in [5.74, 6) is 0.848. The first kappa shape index (κ1) is 23.7. The molecule has 0 bridgehead atoms. The molecule has 0 aliphatic rings. The van der Waals surface area contributed by atoms with Crippen LogP contribution in [-0.2, 0) is 16.1 Å². The fourth-order valence-corrected chi connectivity index (χ4v) is 3.07. The molecule has 7 heteroatoms. The number of ether oxygens (including phenoxy) is 2. The van der Waals surface area contributed by atoms with E-state index in [1.165, 1.54) is 0 Å². The summed E-state index contributed by atoms with van der Waals surface area (Å²) in [4.78, 5) is 27.1. The van der Waals surface area contributed by atoms with Crippen LogP contribution in [0.25, 0.3) is 0 Å². The maximum atomic E-state index is 13.0. The first-order valence-corrected chi connectivity index (χ1v) is 10.8. The Labute approximate surface area is 186 Å². The van der Waals surface area contributed by atoms with Crippen molar-refractivity contribution in [2.45, 2.75) is 39.3 Å². The molecule has 0 saturated heterocycles. The van der Waals surface area contributed by atoms with Crippen LogP contribution < -0.4 is 14.8 Å². The highest BCUT2D eigenvalue weighted by molar-refractivity contribution is 9.10. The van der Waals surface area contributed by atoms with E-state index in [0.717, 1.165) is 22.9 Å². The molecule has 2 aromatic carbocycles. The van der Waals surface area contributed by atoms with Gasteiger partial charge in [0.25, 0.3) is 5.91 Å². The summed E-state index contributed by atoms with van der Waals surface area (Å²) in [6.07, 6.45) is 1.89. The topological polar surface area (TPSA) is 67.9 Å². The molecule has 0 fully saturated rings. The molecule has 0 aliphatic carbocycles. The quantitative estimate of drug-likeness (QED) is 0.494. The highest BCUT2D eigenvalue weighted by Gasteiger charge is 2.26. The minimum absolute atomic E-state index is 0.157. The zero-order chi connectivity index (χ0) is 21.9. The second-order valence-corrected chi connectivity index (χ2v) is 7.85. The average Bonchev–Trinajstić information content (AvgIpc) is 2.77. The van der Waals surface area contributed by atoms with Crippen molar-refractivity contribution in [2.24, 2.45) is 0 Å². The van der Waals surface area contributed by atoms with Gasteiger partial charge in [-0.1, -0.05) is 41.4 Å². The fourth-order valence-electron chi connectivity index (χ4n) is 2.81. The molecule has 0 unspecified atom stereocenters. The van der Waals surface area contributed by atoms with Crippen molar-refractivity contribution < 1.29 is 19.1 Å². The molecule has 30 heavy (non-hydrogen) atoms. The van der Waals surface area contributed by atoms with Crippen LogP contribution in [0.4, 0.5) is 0 Å². The number of hydrogen-bond acceptors (Lipinski definition) is 4. The molecular weight excluding hydrogens is 448 g/mol. The van der Waals surface area contributed by atoms with Crippen LogP contribution in [0.5, 0.6) is 11.5 Å². The van der Waals surface area contributed by atoms with Crippen LogP contribution in [0.15, 0.2) is 53.0 Å². The van der Waals surface area contributed by atoms with Crippen LogP contribution in [0.1, 0.15) is 32.3 Å². The number of hydrogen-bond donors (Lipinski definition) is 1. The van der Waals surface area contributed by atoms with Crippen LogP contribution in [0.2, 0.25) is 0 Å². The Morgan fingerprint density at radius 1 is 1.07 bits per heavy atom. The molecule has 0 radical (unpaired) electrons. The predicted molar refractivity (Wildman–Crippen MR) is 121 cm³/mol. The minimum atomic E-state index is -0.613. The highest BCUT2D eigenvalue weighted by Crippen LogP contribution is 2.18. The molecule has 2 rings (SSSR count). The standard InChI is InChI=1S/C23H29BrN2O4/c1-4-5-14-25-23(28)17(2)26(15-18-6-8-19(24)9-7-18)22(27)16-30-21-12-10-20(29-3)11-13-21/h6-13,17H,4-5,14-16H2,1-3H3,(H,25,28)/t17-/m0/s1. The third kappa shape index (κ3) is 7.37. The van der Waals surface area contributed by atoms with E-state index in [9.17, 15) is 9.59 Å². The normalized spacial score (nSPS) is 11.5. The predicted octanol–water partition coefficient (Wildman–Crippen LogP) is 4.17. The van der Waals surface area contributed by atoms with Crippen molar-refractivity contribution in [2.75, 3.05) is 20.3 Å². The van der Waals surface area contributed by atoms with Crippen LogP contribution >= 0.6 is 15.9 Å². The van der Waals surface area contributed by atoms with Gasteiger partial charge in [-0.2, -0.15) is 0 Å². The lowest BCUT2D eigenvalue weighted by Gasteiger charge is -2.28. The Morgan fingerprint density at radius 3 is 2.30 bits per heavy atom. The molecule has 0 aromatic heterocycles. The SMILES string of the molecule is CCCCNC(=O)[C@H](C)N(Cc1ccc(Br)cc1)C(=O)COc1ccc(OC)cc1. The number of unbranched alkanes of at least 4 members (excludes halogenated alkanes) is 1. The lowest BCUT2D eigenvalue weighted by molar-refractivity contribution is -0.142. The number of carbonyl (C=O) groups excluding carboxylic acids is 2. The van der Waals surface area contributed by atoms with Gasteiger partial charge in [0.05, 0.1) is 7.11 Å². The monoisotopic (exact) mass is 476 g/mol. The number of halogens is 1. The van der Waals surface area contributed by atoms with Crippen molar-refractivity contribution >= 4 is 27.7 Å². The minimum Gasteiger partial charge on any atom is -0.497 e. The van der Waals surface area contributed by atoms with Crippen LogP contribution in [0.3, 0.4) is 0 Å². The van der Waals surface area contributed by atoms with Crippen molar-refractivity contribution in [3.05, 3.63) is 58.6 Å². The smallest absolute Gasteiger partial charge is 0.261 e. The van der Waals surface area contributed by atoms with Crippen molar-refractivity contribution in [1.29, 1.82) is 0 Å². The Balaban J connectivity index is 2.08. The van der Waals surface area contributed by atoms with Crippen molar-refractivity contribution in [3.8, 4) is 11.5 Å². The van der Waals surface area contributed by atoms with E-state index in [1.807, 2.05) is 24.3 Å². The second kappa shape index (κ2) is 12.2. The van der Waals surface area contributed by atoms with Gasteiger partial charge in [0.2, 0.25) is 5.91 Å². The molecule has 2 amide bonds. The summed E-state index contributed by atoms with van der Waals surface area (Å²) in [5, 5.41) is 2.91. The zero-order valence-corrected chi connectivity index (χ0v) is 19.3. The van der Waals surface area contributed by atoms with Gasteiger partial charge in [0.1, 0.15) is 17.5 Å². The van der Waals surface area contributed by atoms with E-state index in [2.05, 4.69) is 28.2 Å². The second-order valence-electron chi connectivity index (χ2n) is 6.93. The van der Waals surface area contributed by atoms with Gasteiger partial charge in [0.15, 0.2) is 6.61 Å². The van der Waals surface area contributed by atoms with Crippen LogP contribution in [-0.4, -0.2) is 43.0 Å². The van der Waals surface area contributed by atoms with E-state index >= 15 is 0 Å². The van der Waals surface area contributed by atoms with E-state index in [4.69, 9.17) is 9.47 Å². The van der Waals surface area contributed by atoms with E-state index in [0.29, 0.717) is 24.6 Å². The van der Waals surface area contributed by atoms with Gasteiger partial charge < -0.3 is 19.7 Å². The molecule has 0 saturated carbocycles. The maximum absolute atomic E-state index is 13.0. The molecule has 0 spiro atoms. The van der Waals surface area contributed by atoms with Crippen molar-refractivity contribution in [1.82, 2.24) is 10.2 Å². The first-order valence-electron chi connectivity index (χ1n) is 10.0. The Bertz CT molecular complexity index is 809. The number of amides is 2. The van der Waals surface area contributed by atoms with E-state index < -0.39 is 6.04 Å². The molecule has 162 valence electrons. The largest absolute Gasteiger partial charge is 0.497 e. The summed E-state index contributed by atoms with van der Waals surface area (Å²) in [5.41, 5.74) is 0.934. The number of nitrogens with zero attached hydrogens (tertiary/aromatic N) is 1. The Morgan fingerprint density at radius 2 is 1.70 bits per heavy atom. The lowest BCUT2D eigenvalue weighted by Crippen LogP contribution is -2.49. The average molecular weight is 477 g/mol. The molecular formula is C23H29BrN2O4. The van der Waals surface area contributed by atoms with Crippen LogP contribution in [0, 0.1) is 0 Å². The fraction of sp³-hybridized carbons (Fsp3) is 0.391. The highest BCUT2D eigenvalue weighted by atomic mass is 79.9. The Hall–Kier alpha value is -2.54. The number of rotatable bonds is 11. The lowest BCUT2D eigenvalue weighted by atomic mass is 10.1. The molecule has 2 aromatic rings. The van der Waals surface area contributed by atoms with E-state index in [-0.39, 0.29) is 18.4 Å². The van der Waals surface area contributed by atoms with Gasteiger partial charge in [-0.05, 0) is 55.3 Å². The van der Waals surface area contributed by atoms with Gasteiger partial charge in [-0.25, -0.2) is 0 Å². The summed E-state index contributed by atoms with van der Waals surface area (Å²) in [6, 6.07) is 14.1. The molecule has 0 heterocycles. The number of methoxy groups -OCH3 is 1. The third-order valence-corrected chi connectivity index (χ3v) is 5.21. The number of benzene rings is 2. The number of carbonyl (C=O) groups is 2. The molecule has 0 aliphatic heterocycles. The summed E-state index contributed by atoms with van der Waals surface area (Å²) in [7, 11) is 1.59. The van der Waals surface area contributed by atoms with E-state index in [1.54, 1.807) is 43.2 Å². The molecule has 6 nitrogen and oxygen atoms in total. The molecule has 1 atom stereocenters. The summed E-state index contributed by atoms with van der Waals surface area (Å²) in [6.45, 7) is 4.57. The van der Waals surface area contributed by atoms with Gasteiger partial charge >= 0.3 is 0 Å². The summed E-state index contributed by atoms with van der Waals surface area (Å²) >= 11 is 3.42. The Kier molecular flexibility index (Phi) is 9.67. The summed E-state index contributed by atoms with van der Waals surface area (Å²) < 4.78 is 11.7. The third-order valence-electron chi connectivity index (χ3n) is 4.68. The zero-order valence-electron chi connectivity index (χ0n) is 17.7. The van der Waals surface area contributed by atoms with Gasteiger partial charge in [-0.15, -0.1) is 0 Å². The maximum Gasteiger partial charge on any atom is 0.261 e. The molecule has 1 N–H and O–H groups in total.